The molecule has 3 atom stereocenters. The van der Waals surface area contributed by atoms with E-state index in [1.807, 2.05) is 18.7 Å². The smallest absolute Gasteiger partial charge is 0.105 e. The second-order valence-corrected chi connectivity index (χ2v) is 7.10. The van der Waals surface area contributed by atoms with Crippen LogP contribution >= 0.6 is 11.8 Å². The molecule has 0 radical (unpaired) electrons. The summed E-state index contributed by atoms with van der Waals surface area (Å²) < 4.78 is 0. The van der Waals surface area contributed by atoms with Crippen molar-refractivity contribution in [3.8, 4) is 6.07 Å². The fourth-order valence-corrected chi connectivity index (χ4v) is 3.51. The van der Waals surface area contributed by atoms with Gasteiger partial charge >= 0.3 is 0 Å². The summed E-state index contributed by atoms with van der Waals surface area (Å²) in [5, 5.41) is 22.3. The van der Waals surface area contributed by atoms with Gasteiger partial charge in [0.05, 0.1) is 6.07 Å². The standard InChI is InChI=1S/C13H26N2OS/c1-10(2)15-13(5,9-14)8-12(4)17-11(3)6-7-16/h10-12,15-16H,6-8H2,1-5H3. The van der Waals surface area contributed by atoms with Crippen LogP contribution in [0.3, 0.4) is 0 Å². The lowest BCUT2D eigenvalue weighted by Gasteiger charge is -2.29. The van der Waals surface area contributed by atoms with Gasteiger partial charge in [-0.1, -0.05) is 13.8 Å². The number of rotatable bonds is 8. The summed E-state index contributed by atoms with van der Waals surface area (Å²) in [6.07, 6.45) is 1.64. The van der Waals surface area contributed by atoms with Crippen LogP contribution in [-0.2, 0) is 0 Å². The van der Waals surface area contributed by atoms with E-state index in [-0.39, 0.29) is 6.61 Å². The van der Waals surface area contributed by atoms with Crippen molar-refractivity contribution in [2.75, 3.05) is 6.61 Å². The summed E-state index contributed by atoms with van der Waals surface area (Å²) >= 11 is 1.84. The third-order valence-corrected chi connectivity index (χ3v) is 3.88. The van der Waals surface area contributed by atoms with Crippen LogP contribution < -0.4 is 5.32 Å². The summed E-state index contributed by atoms with van der Waals surface area (Å²) in [5.74, 6) is 0. The van der Waals surface area contributed by atoms with Crippen molar-refractivity contribution < 1.29 is 5.11 Å². The molecular weight excluding hydrogens is 232 g/mol. The third-order valence-electron chi connectivity index (χ3n) is 2.55. The molecule has 4 heteroatoms. The van der Waals surface area contributed by atoms with Crippen LogP contribution in [0.25, 0.3) is 0 Å². The molecule has 0 aliphatic rings. The number of nitrogens with zero attached hydrogens (tertiary/aromatic N) is 1. The zero-order chi connectivity index (χ0) is 13.5. The van der Waals surface area contributed by atoms with E-state index in [0.717, 1.165) is 12.8 Å². The molecule has 0 saturated heterocycles. The first-order valence-corrected chi connectivity index (χ1v) is 7.22. The maximum Gasteiger partial charge on any atom is 0.105 e. The third kappa shape index (κ3) is 7.64. The molecule has 3 nitrogen and oxygen atoms in total. The minimum absolute atomic E-state index is 0.237. The fraction of sp³-hybridized carbons (Fsp3) is 0.923. The highest BCUT2D eigenvalue weighted by atomic mass is 32.2. The van der Waals surface area contributed by atoms with Crippen LogP contribution in [0.4, 0.5) is 0 Å². The van der Waals surface area contributed by atoms with Gasteiger partial charge in [0.25, 0.3) is 0 Å². The van der Waals surface area contributed by atoms with Crippen LogP contribution in [0.5, 0.6) is 0 Å². The lowest BCUT2D eigenvalue weighted by Crippen LogP contribution is -2.46. The van der Waals surface area contributed by atoms with Gasteiger partial charge in [0.1, 0.15) is 5.54 Å². The Kier molecular flexibility index (Phi) is 7.85. The van der Waals surface area contributed by atoms with Crippen LogP contribution in [0.1, 0.15) is 47.5 Å². The molecule has 0 fully saturated rings. The van der Waals surface area contributed by atoms with E-state index < -0.39 is 5.54 Å². The molecule has 0 aliphatic carbocycles. The first kappa shape index (κ1) is 16.8. The normalized spacial score (nSPS) is 18.5. The summed E-state index contributed by atoms with van der Waals surface area (Å²) in [6.45, 7) is 10.6. The Balaban J connectivity index is 4.24. The Hall–Kier alpha value is -0.240. The second-order valence-electron chi connectivity index (χ2n) is 5.22. The molecular formula is C13H26N2OS. The lowest BCUT2D eigenvalue weighted by atomic mass is 9.97. The number of aliphatic hydroxyl groups excluding tert-OH is 1. The SMILES string of the molecule is CC(C)NC(C)(C#N)CC(C)SC(C)CCO. The van der Waals surface area contributed by atoms with Crippen molar-refractivity contribution in [1.29, 1.82) is 5.26 Å². The van der Waals surface area contributed by atoms with E-state index in [2.05, 4.69) is 39.1 Å². The predicted octanol–water partition coefficient (Wildman–Crippen LogP) is 2.55. The van der Waals surface area contributed by atoms with Gasteiger partial charge in [-0.25, -0.2) is 0 Å². The van der Waals surface area contributed by atoms with E-state index in [4.69, 9.17) is 5.11 Å². The molecule has 0 saturated carbocycles. The molecule has 0 aromatic rings. The Morgan fingerprint density at radius 2 is 1.88 bits per heavy atom. The molecule has 3 unspecified atom stereocenters. The highest BCUT2D eigenvalue weighted by molar-refractivity contribution is 8.00. The molecule has 0 aliphatic heterocycles. The highest BCUT2D eigenvalue weighted by Gasteiger charge is 2.27. The fourth-order valence-electron chi connectivity index (χ4n) is 2.04. The zero-order valence-electron chi connectivity index (χ0n) is 11.7. The van der Waals surface area contributed by atoms with Crippen LogP contribution in [0.2, 0.25) is 0 Å². The molecule has 0 aromatic carbocycles. The van der Waals surface area contributed by atoms with Gasteiger partial charge in [-0.2, -0.15) is 17.0 Å². The highest BCUT2D eigenvalue weighted by Crippen LogP contribution is 2.26. The lowest BCUT2D eigenvalue weighted by molar-refractivity contribution is 0.288. The Morgan fingerprint density at radius 3 is 2.29 bits per heavy atom. The minimum Gasteiger partial charge on any atom is -0.396 e. The van der Waals surface area contributed by atoms with Gasteiger partial charge < -0.3 is 5.11 Å². The van der Waals surface area contributed by atoms with E-state index in [9.17, 15) is 5.26 Å². The molecule has 0 bridgehead atoms. The van der Waals surface area contributed by atoms with Gasteiger partial charge in [0, 0.05) is 23.1 Å². The topological polar surface area (TPSA) is 56.0 Å². The van der Waals surface area contributed by atoms with E-state index in [1.165, 1.54) is 0 Å². The molecule has 0 aromatic heterocycles. The van der Waals surface area contributed by atoms with Crippen LogP contribution in [-0.4, -0.2) is 33.8 Å². The number of aliphatic hydroxyl groups is 1. The average molecular weight is 258 g/mol. The number of hydrogen-bond donors (Lipinski definition) is 2. The summed E-state index contributed by atoms with van der Waals surface area (Å²) in [4.78, 5) is 0. The molecule has 2 N–H and O–H groups in total. The van der Waals surface area contributed by atoms with Crippen LogP contribution in [0, 0.1) is 11.3 Å². The summed E-state index contributed by atoms with van der Waals surface area (Å²) in [6, 6.07) is 2.68. The number of thioether (sulfide) groups is 1. The van der Waals surface area contributed by atoms with Gasteiger partial charge in [0.15, 0.2) is 0 Å². The Labute approximate surface area is 110 Å². The minimum atomic E-state index is -0.459. The molecule has 0 amide bonds. The van der Waals surface area contributed by atoms with Gasteiger partial charge in [-0.05, 0) is 33.6 Å². The maximum absolute atomic E-state index is 9.26. The molecule has 100 valence electrons. The van der Waals surface area contributed by atoms with Gasteiger partial charge in [-0.15, -0.1) is 0 Å². The van der Waals surface area contributed by atoms with Gasteiger partial charge in [-0.3, -0.25) is 5.32 Å². The van der Waals surface area contributed by atoms with Crippen molar-refractivity contribution in [2.45, 2.75) is 69.5 Å². The molecule has 17 heavy (non-hydrogen) atoms. The molecule has 0 spiro atoms. The Morgan fingerprint density at radius 1 is 1.29 bits per heavy atom. The second kappa shape index (κ2) is 7.97. The predicted molar refractivity (Wildman–Crippen MR) is 75.1 cm³/mol. The summed E-state index contributed by atoms with van der Waals surface area (Å²) in [5.41, 5.74) is -0.459. The van der Waals surface area contributed by atoms with Crippen molar-refractivity contribution in [3.05, 3.63) is 0 Å². The largest absolute Gasteiger partial charge is 0.396 e. The van der Waals surface area contributed by atoms with Crippen LogP contribution in [0.15, 0.2) is 0 Å². The zero-order valence-corrected chi connectivity index (χ0v) is 12.5. The van der Waals surface area contributed by atoms with Crippen molar-refractivity contribution in [3.63, 3.8) is 0 Å². The number of hydrogen-bond acceptors (Lipinski definition) is 4. The average Bonchev–Trinajstić information content (AvgIpc) is 2.15. The molecule has 0 heterocycles. The number of nitrogens with one attached hydrogen (secondary N) is 1. The Bertz CT molecular complexity index is 252. The van der Waals surface area contributed by atoms with Crippen molar-refractivity contribution in [1.82, 2.24) is 5.32 Å². The van der Waals surface area contributed by atoms with Crippen molar-refractivity contribution in [2.24, 2.45) is 0 Å². The summed E-state index contributed by atoms with van der Waals surface area (Å²) in [7, 11) is 0. The van der Waals surface area contributed by atoms with E-state index >= 15 is 0 Å². The first-order chi connectivity index (χ1) is 7.83. The molecule has 0 rings (SSSR count). The number of nitriles is 1. The maximum atomic E-state index is 9.26. The monoisotopic (exact) mass is 258 g/mol. The van der Waals surface area contributed by atoms with Gasteiger partial charge in [0.2, 0.25) is 0 Å². The quantitative estimate of drug-likeness (QED) is 0.702. The van der Waals surface area contributed by atoms with E-state index in [0.29, 0.717) is 16.5 Å². The first-order valence-electron chi connectivity index (χ1n) is 6.28. The van der Waals surface area contributed by atoms with Crippen molar-refractivity contribution >= 4 is 11.8 Å². The van der Waals surface area contributed by atoms with E-state index in [1.54, 1.807) is 0 Å².